The first kappa shape index (κ1) is 15.9. The maximum atomic E-state index is 13.0. The van der Waals surface area contributed by atoms with Crippen molar-refractivity contribution in [3.05, 3.63) is 71.5 Å². The van der Waals surface area contributed by atoms with Gasteiger partial charge >= 0.3 is 0 Å². The van der Waals surface area contributed by atoms with E-state index in [2.05, 4.69) is 33.9 Å². The average molecular weight is 368 g/mol. The molecule has 28 heavy (non-hydrogen) atoms. The molecule has 3 heterocycles. The van der Waals surface area contributed by atoms with Gasteiger partial charge in [0.2, 0.25) is 0 Å². The van der Waals surface area contributed by atoms with E-state index < -0.39 is 11.8 Å². The summed E-state index contributed by atoms with van der Waals surface area (Å²) < 4.78 is 2.28. The molecule has 1 fully saturated rings. The zero-order chi connectivity index (χ0) is 18.8. The molecule has 0 saturated heterocycles. The van der Waals surface area contributed by atoms with Crippen molar-refractivity contribution < 1.29 is 9.59 Å². The molecular formula is C24H20N2O2. The van der Waals surface area contributed by atoms with Crippen molar-refractivity contribution in [1.82, 2.24) is 9.55 Å². The van der Waals surface area contributed by atoms with Gasteiger partial charge in [-0.2, -0.15) is 0 Å². The van der Waals surface area contributed by atoms with Crippen molar-refractivity contribution in [3.63, 3.8) is 0 Å². The number of nitrogens with zero attached hydrogens (tertiary/aromatic N) is 1. The third-order valence-corrected chi connectivity index (χ3v) is 6.52. The van der Waals surface area contributed by atoms with Crippen molar-refractivity contribution >= 4 is 33.4 Å². The van der Waals surface area contributed by atoms with Crippen molar-refractivity contribution in [2.24, 2.45) is 0 Å². The summed E-state index contributed by atoms with van der Waals surface area (Å²) in [6.45, 7) is 0.972. The number of benzene rings is 2. The minimum absolute atomic E-state index is 0.0290. The van der Waals surface area contributed by atoms with Crippen molar-refractivity contribution in [3.8, 4) is 0 Å². The molecular weight excluding hydrogens is 348 g/mol. The van der Waals surface area contributed by atoms with Crippen LogP contribution in [0.25, 0.3) is 21.8 Å². The topological polar surface area (TPSA) is 54.9 Å². The maximum Gasteiger partial charge on any atom is 0.148 e. The van der Waals surface area contributed by atoms with E-state index in [9.17, 15) is 9.59 Å². The lowest BCUT2D eigenvalue weighted by Crippen LogP contribution is -2.14. The predicted octanol–water partition coefficient (Wildman–Crippen LogP) is 4.48. The fraction of sp³-hybridized carbons (Fsp3) is 0.250. The number of hydrogen-bond acceptors (Lipinski definition) is 2. The molecule has 0 amide bonds. The number of fused-ring (bicyclic) bond motifs is 1. The molecule has 1 aliphatic heterocycles. The van der Waals surface area contributed by atoms with Gasteiger partial charge in [-0.1, -0.05) is 36.4 Å². The highest BCUT2D eigenvalue weighted by Crippen LogP contribution is 2.46. The van der Waals surface area contributed by atoms with Crippen molar-refractivity contribution in [2.75, 3.05) is 0 Å². The van der Waals surface area contributed by atoms with Crippen LogP contribution in [0.5, 0.6) is 0 Å². The first-order valence-corrected chi connectivity index (χ1v) is 9.94. The number of aromatic nitrogens is 2. The Morgan fingerprint density at radius 3 is 2.57 bits per heavy atom. The number of rotatable bonds is 2. The van der Waals surface area contributed by atoms with Crippen LogP contribution in [0, 0.1) is 0 Å². The zero-order valence-corrected chi connectivity index (χ0v) is 15.4. The number of carbonyl (C=O) groups is 2. The number of hydrogen-bond donors (Lipinski definition) is 1. The Balaban J connectivity index is 1.58. The van der Waals surface area contributed by atoms with E-state index >= 15 is 0 Å². The molecule has 1 N–H and O–H groups in total. The molecule has 1 saturated carbocycles. The molecule has 2 aliphatic rings. The Hall–Kier alpha value is -3.14. The van der Waals surface area contributed by atoms with E-state index in [1.807, 2.05) is 30.5 Å². The van der Waals surface area contributed by atoms with Gasteiger partial charge in [-0.3, -0.25) is 9.59 Å². The number of aromatic amines is 1. The molecule has 2 atom stereocenters. The summed E-state index contributed by atoms with van der Waals surface area (Å²) in [5.41, 5.74) is 5.56. The van der Waals surface area contributed by atoms with E-state index in [-0.39, 0.29) is 18.0 Å². The highest BCUT2D eigenvalue weighted by atomic mass is 16.2. The molecule has 4 heteroatoms. The highest BCUT2D eigenvalue weighted by molar-refractivity contribution is 6.15. The summed E-state index contributed by atoms with van der Waals surface area (Å²) in [7, 11) is 0. The van der Waals surface area contributed by atoms with E-state index in [0.717, 1.165) is 46.8 Å². The fourth-order valence-electron chi connectivity index (χ4n) is 5.35. The molecule has 2 aromatic carbocycles. The Kier molecular flexibility index (Phi) is 3.22. The Morgan fingerprint density at radius 2 is 1.68 bits per heavy atom. The van der Waals surface area contributed by atoms with Crippen LogP contribution in [0.15, 0.2) is 54.9 Å². The van der Waals surface area contributed by atoms with Crippen LogP contribution in [0.4, 0.5) is 0 Å². The van der Waals surface area contributed by atoms with Gasteiger partial charge in [0.25, 0.3) is 0 Å². The standard InChI is InChI=1S/C24H20N2O2/c27-20-11-21(28)23(22(20)17-12-25-19-9-2-1-7-15(17)19)18-13-26-10-4-6-14-5-3-8-16(18)24(14)26/h1-3,5,7-9,12-13,22-23,25H,4,6,10-11H2/t22-,23+/m0/s1. The van der Waals surface area contributed by atoms with E-state index in [1.165, 1.54) is 11.1 Å². The third-order valence-electron chi connectivity index (χ3n) is 6.52. The summed E-state index contributed by atoms with van der Waals surface area (Å²) in [5.74, 6) is -0.730. The summed E-state index contributed by atoms with van der Waals surface area (Å²) in [5, 5.41) is 2.17. The Labute approximate surface area is 162 Å². The van der Waals surface area contributed by atoms with Crippen LogP contribution in [0.3, 0.4) is 0 Å². The van der Waals surface area contributed by atoms with Crippen LogP contribution < -0.4 is 0 Å². The summed E-state index contributed by atoms with van der Waals surface area (Å²) in [6.07, 6.45) is 6.27. The SMILES string of the molecule is O=C1CC(=O)[C@@H](c2cn3c4c(cccc24)CCC3)[C@H]1c1c[nH]c2ccccc12. The Morgan fingerprint density at radius 1 is 0.893 bits per heavy atom. The van der Waals surface area contributed by atoms with Crippen LogP contribution >= 0.6 is 0 Å². The van der Waals surface area contributed by atoms with Gasteiger partial charge in [0.05, 0.1) is 23.8 Å². The lowest BCUT2D eigenvalue weighted by atomic mass is 9.83. The maximum absolute atomic E-state index is 13.0. The molecule has 2 aromatic heterocycles. The van der Waals surface area contributed by atoms with Crippen molar-refractivity contribution in [2.45, 2.75) is 37.6 Å². The number of carbonyl (C=O) groups excluding carboxylic acids is 2. The number of para-hydroxylation sites is 2. The number of Topliss-reactive ketones (excluding diaryl/α,β-unsaturated/α-hetero) is 2. The zero-order valence-electron chi connectivity index (χ0n) is 15.4. The first-order valence-electron chi connectivity index (χ1n) is 9.94. The van der Waals surface area contributed by atoms with Crippen molar-refractivity contribution in [1.29, 1.82) is 0 Å². The van der Waals surface area contributed by atoms with Gasteiger partial charge in [0.15, 0.2) is 0 Å². The Bertz CT molecular complexity index is 1280. The smallest absolute Gasteiger partial charge is 0.148 e. The molecule has 138 valence electrons. The molecule has 0 bridgehead atoms. The van der Waals surface area contributed by atoms with Gasteiger partial charge in [0, 0.05) is 35.2 Å². The highest BCUT2D eigenvalue weighted by Gasteiger charge is 2.45. The van der Waals surface area contributed by atoms with E-state index in [0.29, 0.717) is 0 Å². The molecule has 1 aliphatic carbocycles. The molecule has 0 unspecified atom stereocenters. The quantitative estimate of drug-likeness (QED) is 0.531. The monoisotopic (exact) mass is 368 g/mol. The van der Waals surface area contributed by atoms with Gasteiger partial charge in [-0.05, 0) is 35.6 Å². The molecule has 4 aromatic rings. The summed E-state index contributed by atoms with van der Waals surface area (Å²) in [6, 6.07) is 14.4. The largest absolute Gasteiger partial charge is 0.361 e. The minimum Gasteiger partial charge on any atom is -0.361 e. The molecule has 0 spiro atoms. The fourth-order valence-corrected chi connectivity index (χ4v) is 5.35. The predicted molar refractivity (Wildman–Crippen MR) is 109 cm³/mol. The molecule has 0 radical (unpaired) electrons. The van der Waals surface area contributed by atoms with Crippen LogP contribution in [0.2, 0.25) is 0 Å². The second-order valence-electron chi connectivity index (χ2n) is 8.05. The summed E-state index contributed by atoms with van der Waals surface area (Å²) in [4.78, 5) is 29.3. The van der Waals surface area contributed by atoms with E-state index in [4.69, 9.17) is 0 Å². The number of nitrogens with one attached hydrogen (secondary N) is 1. The third kappa shape index (κ3) is 2.06. The minimum atomic E-state index is -0.410. The van der Waals surface area contributed by atoms with Crippen LogP contribution in [0.1, 0.15) is 41.4 Å². The normalized spacial score (nSPS) is 21.9. The molecule has 6 rings (SSSR count). The second-order valence-corrected chi connectivity index (χ2v) is 8.05. The molecule has 4 nitrogen and oxygen atoms in total. The second kappa shape index (κ2) is 5.68. The van der Waals surface area contributed by atoms with Crippen LogP contribution in [-0.2, 0) is 22.6 Å². The number of H-pyrrole nitrogens is 1. The van der Waals surface area contributed by atoms with Gasteiger partial charge < -0.3 is 9.55 Å². The average Bonchev–Trinajstić information content (AvgIpc) is 3.37. The van der Waals surface area contributed by atoms with Gasteiger partial charge in [-0.15, -0.1) is 0 Å². The van der Waals surface area contributed by atoms with Crippen LogP contribution in [-0.4, -0.2) is 21.1 Å². The van der Waals surface area contributed by atoms with Gasteiger partial charge in [0.1, 0.15) is 11.6 Å². The number of aryl methyl sites for hydroxylation is 2. The summed E-state index contributed by atoms with van der Waals surface area (Å²) >= 11 is 0. The lowest BCUT2D eigenvalue weighted by Gasteiger charge is -2.17. The van der Waals surface area contributed by atoms with Gasteiger partial charge in [-0.25, -0.2) is 0 Å². The van der Waals surface area contributed by atoms with E-state index in [1.54, 1.807) is 0 Å². The first-order chi connectivity index (χ1) is 13.7. The number of ketones is 2. The lowest BCUT2D eigenvalue weighted by molar-refractivity contribution is -0.122.